The summed E-state index contributed by atoms with van der Waals surface area (Å²) in [6.45, 7) is 0.417. The van der Waals surface area contributed by atoms with Gasteiger partial charge in [-0.1, -0.05) is 0 Å². The second kappa shape index (κ2) is 3.14. The molecule has 0 aromatic rings. The van der Waals surface area contributed by atoms with Crippen LogP contribution in [0.3, 0.4) is 0 Å². The fraction of sp³-hybridized carbons (Fsp3) is 1.00. The van der Waals surface area contributed by atoms with Gasteiger partial charge in [0.25, 0.3) is 0 Å². The SMILES string of the molecule is C1N=NN=N1.[Ag]. The van der Waals surface area contributed by atoms with Crippen molar-refractivity contribution in [3.05, 3.63) is 0 Å². The molecule has 0 N–H and O–H groups in total. The molecular formula is CH2AgN4. The first-order valence-electron chi connectivity index (χ1n) is 1.23. The van der Waals surface area contributed by atoms with Crippen LogP contribution >= 0.6 is 0 Å². The van der Waals surface area contributed by atoms with Crippen molar-refractivity contribution in [3.8, 4) is 0 Å². The molecule has 0 amide bonds. The fourth-order valence-corrected chi connectivity index (χ4v) is 0.141. The molecular weight excluding hydrogens is 176 g/mol. The molecule has 1 radical (unpaired) electrons. The first-order chi connectivity index (χ1) is 2.50. The third-order valence-corrected chi connectivity index (χ3v) is 0.293. The van der Waals surface area contributed by atoms with Gasteiger partial charge in [-0.25, -0.2) is 0 Å². The first-order valence-corrected chi connectivity index (χ1v) is 1.23. The molecule has 0 aliphatic carbocycles. The van der Waals surface area contributed by atoms with Gasteiger partial charge in [-0.3, -0.25) is 0 Å². The van der Waals surface area contributed by atoms with Crippen molar-refractivity contribution in [3.63, 3.8) is 0 Å². The zero-order chi connectivity index (χ0) is 3.54. The van der Waals surface area contributed by atoms with Gasteiger partial charge in [0.2, 0.25) is 0 Å². The van der Waals surface area contributed by atoms with Crippen LogP contribution in [0.1, 0.15) is 0 Å². The van der Waals surface area contributed by atoms with Crippen LogP contribution in [0.15, 0.2) is 20.7 Å². The Bertz CT molecular complexity index is 65.6. The molecule has 1 aliphatic rings. The summed E-state index contributed by atoms with van der Waals surface area (Å²) < 4.78 is 0. The van der Waals surface area contributed by atoms with Crippen molar-refractivity contribution in [1.29, 1.82) is 0 Å². The molecule has 0 fully saturated rings. The van der Waals surface area contributed by atoms with Crippen LogP contribution in [-0.2, 0) is 22.4 Å². The molecule has 1 rings (SSSR count). The van der Waals surface area contributed by atoms with E-state index >= 15 is 0 Å². The summed E-state index contributed by atoms with van der Waals surface area (Å²) in [7, 11) is 0. The molecule has 0 spiro atoms. The van der Waals surface area contributed by atoms with Crippen LogP contribution in [0, 0.1) is 0 Å². The van der Waals surface area contributed by atoms with E-state index in [-0.39, 0.29) is 22.4 Å². The Morgan fingerprint density at radius 1 is 1.00 bits per heavy atom. The molecule has 0 aromatic carbocycles. The molecule has 1 heterocycles. The topological polar surface area (TPSA) is 49.4 Å². The molecule has 37 valence electrons. The monoisotopic (exact) mass is 177 g/mol. The smallest absolute Gasteiger partial charge is 0.142 e. The quantitative estimate of drug-likeness (QED) is 0.492. The Morgan fingerprint density at radius 3 is 1.67 bits per heavy atom. The van der Waals surface area contributed by atoms with Crippen molar-refractivity contribution in [2.75, 3.05) is 6.67 Å². The standard InChI is InChI=1S/CH2N4.Ag/c1-2-4-5-3-1;/h1H2;. The zero-order valence-corrected chi connectivity index (χ0v) is 4.28. The van der Waals surface area contributed by atoms with Gasteiger partial charge in [-0.05, 0) is 10.4 Å². The molecule has 5 heteroatoms. The van der Waals surface area contributed by atoms with E-state index in [1.807, 2.05) is 0 Å². The largest absolute Gasteiger partial charge is 0.175 e. The van der Waals surface area contributed by atoms with Crippen LogP contribution in [0.2, 0.25) is 0 Å². The van der Waals surface area contributed by atoms with Gasteiger partial charge in [0.1, 0.15) is 0 Å². The maximum Gasteiger partial charge on any atom is 0.175 e. The van der Waals surface area contributed by atoms with Crippen LogP contribution < -0.4 is 0 Å². The van der Waals surface area contributed by atoms with E-state index in [1.165, 1.54) is 0 Å². The van der Waals surface area contributed by atoms with Crippen molar-refractivity contribution in [2.24, 2.45) is 20.7 Å². The average molecular weight is 178 g/mol. The van der Waals surface area contributed by atoms with Crippen molar-refractivity contribution >= 4 is 0 Å². The summed E-state index contributed by atoms with van der Waals surface area (Å²) in [5, 5.41) is 13.1. The van der Waals surface area contributed by atoms with Gasteiger partial charge in [0, 0.05) is 22.4 Å². The Balaban J connectivity index is 0.000000250. The van der Waals surface area contributed by atoms with Crippen LogP contribution in [-0.4, -0.2) is 6.67 Å². The van der Waals surface area contributed by atoms with Crippen molar-refractivity contribution < 1.29 is 22.4 Å². The molecule has 0 unspecified atom stereocenters. The van der Waals surface area contributed by atoms with Crippen LogP contribution in [0.25, 0.3) is 0 Å². The minimum Gasteiger partial charge on any atom is -0.142 e. The van der Waals surface area contributed by atoms with Crippen LogP contribution in [0.5, 0.6) is 0 Å². The van der Waals surface area contributed by atoms with Gasteiger partial charge >= 0.3 is 0 Å². The van der Waals surface area contributed by atoms with E-state index in [0.717, 1.165) is 0 Å². The average Bonchev–Trinajstić information content (AvgIpc) is 1.76. The number of rotatable bonds is 0. The van der Waals surface area contributed by atoms with Gasteiger partial charge in [-0.15, -0.1) is 10.2 Å². The Labute approximate surface area is 50.2 Å². The summed E-state index contributed by atoms with van der Waals surface area (Å²) in [5.41, 5.74) is 0. The van der Waals surface area contributed by atoms with E-state index in [9.17, 15) is 0 Å². The molecule has 0 saturated heterocycles. The second-order valence-corrected chi connectivity index (χ2v) is 0.603. The third-order valence-electron chi connectivity index (χ3n) is 0.293. The van der Waals surface area contributed by atoms with E-state index in [0.29, 0.717) is 6.67 Å². The summed E-state index contributed by atoms with van der Waals surface area (Å²) >= 11 is 0. The number of hydrogen-bond donors (Lipinski definition) is 0. The number of hydrogen-bond acceptors (Lipinski definition) is 4. The maximum atomic E-state index is 3.38. The predicted molar refractivity (Wildman–Crippen MR) is 14.6 cm³/mol. The van der Waals surface area contributed by atoms with Crippen LogP contribution in [0.4, 0.5) is 0 Å². The molecule has 0 bridgehead atoms. The Morgan fingerprint density at radius 2 is 1.50 bits per heavy atom. The fourth-order valence-electron chi connectivity index (χ4n) is 0.141. The van der Waals surface area contributed by atoms with E-state index in [2.05, 4.69) is 20.7 Å². The molecule has 1 aliphatic heterocycles. The summed E-state index contributed by atoms with van der Waals surface area (Å²) in [6.07, 6.45) is 0. The minimum atomic E-state index is 0. The second-order valence-electron chi connectivity index (χ2n) is 0.603. The van der Waals surface area contributed by atoms with Crippen molar-refractivity contribution in [2.45, 2.75) is 0 Å². The molecule has 6 heavy (non-hydrogen) atoms. The molecule has 4 nitrogen and oxygen atoms in total. The van der Waals surface area contributed by atoms with E-state index in [4.69, 9.17) is 0 Å². The summed E-state index contributed by atoms with van der Waals surface area (Å²) in [6, 6.07) is 0. The van der Waals surface area contributed by atoms with Gasteiger partial charge in [-0.2, -0.15) is 0 Å². The van der Waals surface area contributed by atoms with Gasteiger partial charge in [0.15, 0.2) is 6.67 Å². The molecule has 0 atom stereocenters. The molecule has 0 aromatic heterocycles. The Kier molecular flexibility index (Phi) is 3.11. The summed E-state index contributed by atoms with van der Waals surface area (Å²) in [5.74, 6) is 0. The normalized spacial score (nSPS) is 14.7. The number of nitrogens with zero attached hydrogens (tertiary/aromatic N) is 4. The predicted octanol–water partition coefficient (Wildman–Crippen LogP) is 0.774. The molecule has 0 saturated carbocycles. The third kappa shape index (κ3) is 1.40. The van der Waals surface area contributed by atoms with E-state index in [1.54, 1.807) is 0 Å². The first kappa shape index (κ1) is 5.94. The minimum absolute atomic E-state index is 0. The van der Waals surface area contributed by atoms with Crippen molar-refractivity contribution in [1.82, 2.24) is 0 Å². The van der Waals surface area contributed by atoms with E-state index < -0.39 is 0 Å². The summed E-state index contributed by atoms with van der Waals surface area (Å²) in [4.78, 5) is 0. The Hall–Kier alpha value is -0.0597. The van der Waals surface area contributed by atoms with Gasteiger partial charge < -0.3 is 0 Å². The van der Waals surface area contributed by atoms with Gasteiger partial charge in [0.05, 0.1) is 0 Å². The zero-order valence-electron chi connectivity index (χ0n) is 2.80. The maximum absolute atomic E-state index is 3.38.